The van der Waals surface area contributed by atoms with Crippen LogP contribution in [0.15, 0.2) is 54.6 Å². The summed E-state index contributed by atoms with van der Waals surface area (Å²) >= 11 is 0. The van der Waals surface area contributed by atoms with Crippen LogP contribution in [-0.2, 0) is 0 Å². The smallest absolute Gasteiger partial charge is 0.273 e. The third-order valence-electron chi connectivity index (χ3n) is 4.83. The molecule has 1 aliphatic heterocycles. The molecule has 0 atom stereocenters. The predicted molar refractivity (Wildman–Crippen MR) is 111 cm³/mol. The fourth-order valence-electron chi connectivity index (χ4n) is 3.28. The molecule has 0 spiro atoms. The summed E-state index contributed by atoms with van der Waals surface area (Å²) in [4.78, 5) is 35.9. The first-order valence-electron chi connectivity index (χ1n) is 9.13. The predicted octanol–water partition coefficient (Wildman–Crippen LogP) is 4.82. The second-order valence-corrected chi connectivity index (χ2v) is 6.93. The second kappa shape index (κ2) is 7.32. The van der Waals surface area contributed by atoms with Gasteiger partial charge in [-0.15, -0.1) is 0 Å². The molecular formula is C22H17N3O5. The number of nitro benzene ring substituents is 1. The van der Waals surface area contributed by atoms with E-state index in [-0.39, 0.29) is 28.3 Å². The van der Waals surface area contributed by atoms with Crippen molar-refractivity contribution in [2.45, 2.75) is 13.8 Å². The number of rotatable bonds is 3. The van der Waals surface area contributed by atoms with Crippen LogP contribution in [0, 0.1) is 24.0 Å². The molecule has 1 aliphatic rings. The summed E-state index contributed by atoms with van der Waals surface area (Å²) < 4.78 is 5.86. The lowest BCUT2D eigenvalue weighted by Gasteiger charge is -2.11. The normalized spacial score (nSPS) is 12.0. The Morgan fingerprint density at radius 1 is 1.07 bits per heavy atom. The number of aryl methyl sites for hydroxylation is 1. The lowest BCUT2D eigenvalue weighted by molar-refractivity contribution is -0.385. The Kier molecular flexibility index (Phi) is 4.67. The zero-order valence-electron chi connectivity index (χ0n) is 16.2. The minimum Gasteiger partial charge on any atom is -0.454 e. The molecule has 30 heavy (non-hydrogen) atoms. The number of hydrogen-bond acceptors (Lipinski definition) is 5. The van der Waals surface area contributed by atoms with Gasteiger partial charge in [-0.25, -0.2) is 0 Å². The van der Waals surface area contributed by atoms with E-state index in [1.54, 1.807) is 18.2 Å². The van der Waals surface area contributed by atoms with Crippen molar-refractivity contribution in [2.24, 2.45) is 0 Å². The number of anilines is 2. The molecule has 0 saturated heterocycles. The third-order valence-corrected chi connectivity index (χ3v) is 4.83. The third kappa shape index (κ3) is 3.46. The Morgan fingerprint density at radius 3 is 2.60 bits per heavy atom. The van der Waals surface area contributed by atoms with Crippen molar-refractivity contribution in [1.82, 2.24) is 0 Å². The summed E-state index contributed by atoms with van der Waals surface area (Å²) in [6.07, 6.45) is 0. The maximum Gasteiger partial charge on any atom is 0.273 e. The monoisotopic (exact) mass is 403 g/mol. The number of fused-ring (bicyclic) bond motifs is 2. The van der Waals surface area contributed by atoms with Gasteiger partial charge in [0.05, 0.1) is 16.2 Å². The number of nitro groups is 1. The fourth-order valence-corrected chi connectivity index (χ4v) is 3.28. The Hall–Kier alpha value is -4.20. The number of hydrogen-bond donors (Lipinski definition) is 2. The maximum atomic E-state index is 12.7. The molecule has 0 radical (unpaired) electrons. The molecule has 4 rings (SSSR count). The molecule has 1 heterocycles. The van der Waals surface area contributed by atoms with E-state index in [2.05, 4.69) is 10.6 Å². The molecule has 0 aromatic heterocycles. The number of carbonyl (C=O) groups excluding carboxylic acids is 2. The summed E-state index contributed by atoms with van der Waals surface area (Å²) in [5, 5.41) is 16.6. The van der Waals surface area contributed by atoms with Crippen molar-refractivity contribution in [2.75, 3.05) is 10.6 Å². The van der Waals surface area contributed by atoms with Gasteiger partial charge in [-0.3, -0.25) is 19.7 Å². The second-order valence-electron chi connectivity index (χ2n) is 6.93. The van der Waals surface area contributed by atoms with Crippen LogP contribution < -0.4 is 15.4 Å². The van der Waals surface area contributed by atoms with Crippen LogP contribution in [0.3, 0.4) is 0 Å². The van der Waals surface area contributed by atoms with Crippen LogP contribution in [0.2, 0.25) is 0 Å². The quantitative estimate of drug-likeness (QED) is 0.481. The van der Waals surface area contributed by atoms with E-state index in [0.29, 0.717) is 22.9 Å². The molecule has 2 amide bonds. The lowest BCUT2D eigenvalue weighted by Crippen LogP contribution is -2.15. The Balaban J connectivity index is 1.63. The van der Waals surface area contributed by atoms with Gasteiger partial charge in [-0.05, 0) is 55.8 Å². The van der Waals surface area contributed by atoms with Gasteiger partial charge < -0.3 is 15.4 Å². The highest BCUT2D eigenvalue weighted by atomic mass is 16.6. The highest BCUT2D eigenvalue weighted by Crippen LogP contribution is 2.37. The van der Waals surface area contributed by atoms with E-state index in [4.69, 9.17) is 4.74 Å². The minimum absolute atomic E-state index is 0.134. The fraction of sp³-hybridized carbons (Fsp3) is 0.0909. The molecule has 0 unspecified atom stereocenters. The SMILES string of the molecule is Cc1ccc2c(c1)NC(=O)c1cc(NC(=O)c3cccc([N+](=O)[O-])c3C)ccc1O2. The van der Waals surface area contributed by atoms with E-state index in [1.807, 2.05) is 19.1 Å². The number of nitrogens with zero attached hydrogens (tertiary/aromatic N) is 1. The van der Waals surface area contributed by atoms with Gasteiger partial charge in [0.2, 0.25) is 0 Å². The number of benzene rings is 3. The van der Waals surface area contributed by atoms with Crippen molar-refractivity contribution in [3.63, 3.8) is 0 Å². The van der Waals surface area contributed by atoms with Gasteiger partial charge in [0, 0.05) is 22.9 Å². The number of ether oxygens (including phenoxy) is 1. The van der Waals surface area contributed by atoms with Crippen LogP contribution in [-0.4, -0.2) is 16.7 Å². The first-order valence-corrected chi connectivity index (χ1v) is 9.13. The molecule has 0 bridgehead atoms. The van der Waals surface area contributed by atoms with Crippen LogP contribution in [0.4, 0.5) is 17.1 Å². The number of nitrogens with one attached hydrogen (secondary N) is 2. The van der Waals surface area contributed by atoms with E-state index >= 15 is 0 Å². The van der Waals surface area contributed by atoms with Crippen LogP contribution >= 0.6 is 0 Å². The lowest BCUT2D eigenvalue weighted by atomic mass is 10.1. The van der Waals surface area contributed by atoms with E-state index in [0.717, 1.165) is 5.56 Å². The van der Waals surface area contributed by atoms with Gasteiger partial charge >= 0.3 is 0 Å². The van der Waals surface area contributed by atoms with Crippen LogP contribution in [0.5, 0.6) is 11.5 Å². The van der Waals surface area contributed by atoms with Gasteiger partial charge in [0.15, 0.2) is 5.75 Å². The molecule has 2 N–H and O–H groups in total. The zero-order chi connectivity index (χ0) is 21.4. The molecule has 8 nitrogen and oxygen atoms in total. The summed E-state index contributed by atoms with van der Waals surface area (Å²) in [5.41, 5.74) is 2.48. The summed E-state index contributed by atoms with van der Waals surface area (Å²) in [5.74, 6) is 0.0123. The van der Waals surface area contributed by atoms with Crippen molar-refractivity contribution >= 4 is 28.9 Å². The average Bonchev–Trinajstić information content (AvgIpc) is 2.83. The summed E-state index contributed by atoms with van der Waals surface area (Å²) in [7, 11) is 0. The van der Waals surface area contributed by atoms with Crippen molar-refractivity contribution in [3.8, 4) is 11.5 Å². The highest BCUT2D eigenvalue weighted by molar-refractivity contribution is 6.10. The first kappa shape index (κ1) is 19.1. The van der Waals surface area contributed by atoms with E-state index in [9.17, 15) is 19.7 Å². The minimum atomic E-state index is -0.532. The topological polar surface area (TPSA) is 111 Å². The van der Waals surface area contributed by atoms with Crippen LogP contribution in [0.25, 0.3) is 0 Å². The molecule has 0 aliphatic carbocycles. The van der Waals surface area contributed by atoms with Gasteiger partial charge in [0.1, 0.15) is 5.75 Å². The summed E-state index contributed by atoms with van der Waals surface area (Å²) in [6, 6.07) is 14.5. The molecule has 0 fully saturated rings. The molecule has 3 aromatic rings. The maximum absolute atomic E-state index is 12.7. The molecule has 3 aromatic carbocycles. The molecular weight excluding hydrogens is 386 g/mol. The van der Waals surface area contributed by atoms with E-state index in [1.165, 1.54) is 31.2 Å². The number of amides is 2. The number of carbonyl (C=O) groups is 2. The Morgan fingerprint density at radius 2 is 1.83 bits per heavy atom. The van der Waals surface area contributed by atoms with Gasteiger partial charge in [-0.2, -0.15) is 0 Å². The largest absolute Gasteiger partial charge is 0.454 e. The Labute approximate surface area is 171 Å². The zero-order valence-corrected chi connectivity index (χ0v) is 16.2. The average molecular weight is 403 g/mol. The van der Waals surface area contributed by atoms with Crippen molar-refractivity contribution < 1.29 is 19.2 Å². The highest BCUT2D eigenvalue weighted by Gasteiger charge is 2.23. The summed E-state index contributed by atoms with van der Waals surface area (Å²) in [6.45, 7) is 3.43. The standard InChI is InChI=1S/C22H17N3O5/c1-12-6-8-20-17(10-12)24-22(27)16-11-14(7-9-19(16)30-20)23-21(26)15-4-3-5-18(13(15)2)25(28)29/h3-11H,1-2H3,(H,23,26)(H,24,27). The van der Waals surface area contributed by atoms with Crippen LogP contribution in [0.1, 0.15) is 31.8 Å². The molecule has 8 heteroatoms. The first-order chi connectivity index (χ1) is 14.3. The van der Waals surface area contributed by atoms with Gasteiger partial charge in [0.25, 0.3) is 17.5 Å². The van der Waals surface area contributed by atoms with E-state index < -0.39 is 10.8 Å². The van der Waals surface area contributed by atoms with Gasteiger partial charge in [-0.1, -0.05) is 12.1 Å². The van der Waals surface area contributed by atoms with Crippen molar-refractivity contribution in [3.05, 3.63) is 87.0 Å². The molecule has 150 valence electrons. The Bertz CT molecular complexity index is 1220. The van der Waals surface area contributed by atoms with Crippen molar-refractivity contribution in [1.29, 1.82) is 0 Å². The molecule has 0 saturated carbocycles.